The minimum Gasteiger partial charge on any atom is -0.487 e. The van der Waals surface area contributed by atoms with Gasteiger partial charge in [0.1, 0.15) is 41.9 Å². The average Bonchev–Trinajstić information content (AvgIpc) is 3.32. The Balaban J connectivity index is 1.49. The van der Waals surface area contributed by atoms with Crippen LogP contribution < -0.4 is 10.1 Å². The average molecular weight is 462 g/mol. The normalized spacial score (nSPS) is 27.3. The van der Waals surface area contributed by atoms with Gasteiger partial charge >= 0.3 is 0 Å². The van der Waals surface area contributed by atoms with Crippen molar-refractivity contribution < 1.29 is 28.1 Å². The fraction of sp³-hybridized carbons (Fsp3) is 0.478. The Morgan fingerprint density at radius 3 is 2.79 bits per heavy atom. The maximum Gasteiger partial charge on any atom is 0.266 e. The van der Waals surface area contributed by atoms with Crippen molar-refractivity contribution in [3.63, 3.8) is 0 Å². The predicted octanol–water partition coefficient (Wildman–Crippen LogP) is 3.14. The molecule has 0 spiro atoms. The van der Waals surface area contributed by atoms with Crippen LogP contribution in [0.2, 0.25) is 0 Å². The van der Waals surface area contributed by atoms with Gasteiger partial charge in [-0.05, 0) is 25.0 Å². The number of benzene rings is 1. The second kappa shape index (κ2) is 8.27. The summed E-state index contributed by atoms with van der Waals surface area (Å²) in [4.78, 5) is 8.48. The summed E-state index contributed by atoms with van der Waals surface area (Å²) in [6, 6.07) is 2.32. The molecule has 0 amide bonds. The zero-order valence-corrected chi connectivity index (χ0v) is 18.2. The molecule has 1 fully saturated rings. The van der Waals surface area contributed by atoms with Gasteiger partial charge in [-0.15, -0.1) is 0 Å². The maximum absolute atomic E-state index is 14.8. The molecule has 0 radical (unpaired) electrons. The summed E-state index contributed by atoms with van der Waals surface area (Å²) >= 11 is 0. The number of hydrogen-bond acceptors (Lipinski definition) is 6. The standard InChI is InChI=1S/C23H25F3N4O3/c1-10-7-27-8-14-16(5-13(22(25)26)19(24)18(10)14)33-17-6-15(20(31)21(17)32)30-4-3-12-11(2)28-9-29-23(12)30/h3-5,9-10,15,17,20-22,27,31-32H,6-8H2,1-2H3. The van der Waals surface area contributed by atoms with E-state index in [0.29, 0.717) is 17.8 Å². The summed E-state index contributed by atoms with van der Waals surface area (Å²) < 4.78 is 49.8. The number of aryl methyl sites for hydroxylation is 1. The molecule has 1 aliphatic heterocycles. The van der Waals surface area contributed by atoms with E-state index in [4.69, 9.17) is 4.74 Å². The number of fused-ring (bicyclic) bond motifs is 2. The van der Waals surface area contributed by atoms with Crippen molar-refractivity contribution in [1.82, 2.24) is 19.9 Å². The fourth-order valence-corrected chi connectivity index (χ4v) is 5.08. The number of alkyl halides is 2. The third-order valence-corrected chi connectivity index (χ3v) is 6.82. The molecule has 3 heterocycles. The Bertz CT molecular complexity index is 1200. The van der Waals surface area contributed by atoms with Crippen molar-refractivity contribution in [3.8, 4) is 5.75 Å². The lowest BCUT2D eigenvalue weighted by Crippen LogP contribution is -2.35. The first kappa shape index (κ1) is 22.1. The number of halogens is 3. The van der Waals surface area contributed by atoms with Gasteiger partial charge in [-0.25, -0.2) is 23.1 Å². The van der Waals surface area contributed by atoms with Crippen LogP contribution in [-0.4, -0.2) is 49.6 Å². The number of hydrogen-bond donors (Lipinski definition) is 3. The number of rotatable bonds is 4. The van der Waals surface area contributed by atoms with E-state index in [1.54, 1.807) is 17.7 Å². The van der Waals surface area contributed by atoms with Gasteiger partial charge in [0, 0.05) is 42.2 Å². The minimum atomic E-state index is -3.00. The van der Waals surface area contributed by atoms with E-state index in [1.165, 1.54) is 6.33 Å². The highest BCUT2D eigenvalue weighted by molar-refractivity contribution is 5.78. The molecule has 10 heteroatoms. The van der Waals surface area contributed by atoms with Gasteiger partial charge in [-0.1, -0.05) is 6.92 Å². The summed E-state index contributed by atoms with van der Waals surface area (Å²) in [6.45, 7) is 4.35. The summed E-state index contributed by atoms with van der Waals surface area (Å²) in [5.41, 5.74) is 1.38. The molecule has 7 nitrogen and oxygen atoms in total. The van der Waals surface area contributed by atoms with E-state index in [1.807, 2.05) is 13.0 Å². The van der Waals surface area contributed by atoms with E-state index in [2.05, 4.69) is 15.3 Å². The number of aromatic nitrogens is 3. The first-order valence-corrected chi connectivity index (χ1v) is 10.9. The summed E-state index contributed by atoms with van der Waals surface area (Å²) in [7, 11) is 0. The van der Waals surface area contributed by atoms with Crippen molar-refractivity contribution in [2.45, 2.75) is 63.5 Å². The molecule has 1 aliphatic carbocycles. The van der Waals surface area contributed by atoms with Crippen molar-refractivity contribution in [2.24, 2.45) is 0 Å². The number of nitrogens with zero attached hydrogens (tertiary/aromatic N) is 3. The first-order valence-electron chi connectivity index (χ1n) is 10.9. The number of aliphatic hydroxyl groups excluding tert-OH is 2. The minimum absolute atomic E-state index is 0.105. The summed E-state index contributed by atoms with van der Waals surface area (Å²) in [5.74, 6) is -1.11. The monoisotopic (exact) mass is 462 g/mol. The molecule has 5 rings (SSSR count). The molecule has 33 heavy (non-hydrogen) atoms. The molecule has 0 bridgehead atoms. The number of aliphatic hydroxyl groups is 2. The number of nitrogens with one attached hydrogen (secondary N) is 1. The molecule has 5 unspecified atom stereocenters. The molecule has 2 aliphatic rings. The third-order valence-electron chi connectivity index (χ3n) is 6.82. The second-order valence-electron chi connectivity index (χ2n) is 8.86. The lowest BCUT2D eigenvalue weighted by molar-refractivity contribution is -0.0167. The molecule has 3 N–H and O–H groups in total. The first-order chi connectivity index (χ1) is 15.8. The van der Waals surface area contributed by atoms with Crippen LogP contribution in [0.5, 0.6) is 5.75 Å². The molecular formula is C23H25F3N4O3. The Kier molecular flexibility index (Phi) is 5.54. The SMILES string of the molecule is Cc1ncnc2c1ccn2C1CC(Oc2cc(C(F)F)c(F)c3c2CNCC3C)C(O)C1O. The second-order valence-corrected chi connectivity index (χ2v) is 8.86. The van der Waals surface area contributed by atoms with Gasteiger partial charge in [0.15, 0.2) is 0 Å². The van der Waals surface area contributed by atoms with E-state index >= 15 is 0 Å². The van der Waals surface area contributed by atoms with Gasteiger partial charge in [-0.2, -0.15) is 0 Å². The Morgan fingerprint density at radius 1 is 1.24 bits per heavy atom. The van der Waals surface area contributed by atoms with Crippen LogP contribution in [0, 0.1) is 12.7 Å². The molecule has 176 valence electrons. The molecule has 0 saturated heterocycles. The van der Waals surface area contributed by atoms with Crippen LogP contribution in [0.25, 0.3) is 11.0 Å². The Hall–Kier alpha value is -2.69. The largest absolute Gasteiger partial charge is 0.487 e. The van der Waals surface area contributed by atoms with Crippen molar-refractivity contribution in [2.75, 3.05) is 6.54 Å². The molecule has 3 aromatic rings. The van der Waals surface area contributed by atoms with Gasteiger partial charge in [0.05, 0.1) is 17.3 Å². The molecule has 1 aromatic carbocycles. The van der Waals surface area contributed by atoms with E-state index < -0.39 is 42.2 Å². The zero-order chi connectivity index (χ0) is 23.4. The quantitative estimate of drug-likeness (QED) is 0.552. The van der Waals surface area contributed by atoms with Crippen LogP contribution in [0.3, 0.4) is 0 Å². The van der Waals surface area contributed by atoms with Crippen LogP contribution in [0.15, 0.2) is 24.7 Å². The summed E-state index contributed by atoms with van der Waals surface area (Å²) in [5, 5.41) is 25.5. The third kappa shape index (κ3) is 3.56. The highest BCUT2D eigenvalue weighted by atomic mass is 19.3. The van der Waals surface area contributed by atoms with Crippen molar-refractivity contribution in [1.29, 1.82) is 0 Å². The van der Waals surface area contributed by atoms with E-state index in [9.17, 15) is 23.4 Å². The Labute approximate surface area is 188 Å². The molecule has 2 aromatic heterocycles. The van der Waals surface area contributed by atoms with Crippen LogP contribution in [0.1, 0.15) is 54.1 Å². The molecule has 1 saturated carbocycles. The van der Waals surface area contributed by atoms with Crippen LogP contribution in [-0.2, 0) is 6.54 Å². The molecule has 5 atom stereocenters. The van der Waals surface area contributed by atoms with E-state index in [-0.39, 0.29) is 30.2 Å². The van der Waals surface area contributed by atoms with E-state index in [0.717, 1.165) is 17.1 Å². The smallest absolute Gasteiger partial charge is 0.266 e. The van der Waals surface area contributed by atoms with Crippen LogP contribution in [0.4, 0.5) is 13.2 Å². The van der Waals surface area contributed by atoms with Gasteiger partial charge < -0.3 is 24.8 Å². The maximum atomic E-state index is 14.8. The number of ether oxygens (including phenoxy) is 1. The predicted molar refractivity (Wildman–Crippen MR) is 114 cm³/mol. The fourth-order valence-electron chi connectivity index (χ4n) is 5.08. The topological polar surface area (TPSA) is 92.4 Å². The van der Waals surface area contributed by atoms with Crippen molar-refractivity contribution >= 4 is 11.0 Å². The van der Waals surface area contributed by atoms with Crippen LogP contribution >= 0.6 is 0 Å². The zero-order valence-electron chi connectivity index (χ0n) is 18.2. The van der Waals surface area contributed by atoms with Gasteiger partial charge in [0.25, 0.3) is 6.43 Å². The molecular weight excluding hydrogens is 437 g/mol. The van der Waals surface area contributed by atoms with Crippen molar-refractivity contribution in [3.05, 3.63) is 52.9 Å². The van der Waals surface area contributed by atoms with Gasteiger partial charge in [-0.3, -0.25) is 0 Å². The highest BCUT2D eigenvalue weighted by Crippen LogP contribution is 2.41. The summed E-state index contributed by atoms with van der Waals surface area (Å²) in [6.07, 6.45) is -2.87. The van der Waals surface area contributed by atoms with Gasteiger partial charge in [0.2, 0.25) is 0 Å². The lowest BCUT2D eigenvalue weighted by Gasteiger charge is -2.29. The lowest BCUT2D eigenvalue weighted by atomic mass is 9.89. The Morgan fingerprint density at radius 2 is 2.03 bits per heavy atom. The highest BCUT2D eigenvalue weighted by Gasteiger charge is 2.45.